The SMILES string of the molecule is CNCCC(NC)c1ccc2nc[nH]c2c1. The Balaban J connectivity index is 2.22. The average molecular weight is 218 g/mol. The first-order valence-electron chi connectivity index (χ1n) is 5.60. The summed E-state index contributed by atoms with van der Waals surface area (Å²) in [7, 11) is 3.97. The minimum Gasteiger partial charge on any atom is -0.345 e. The lowest BCUT2D eigenvalue weighted by molar-refractivity contribution is 0.533. The van der Waals surface area contributed by atoms with Crippen LogP contribution in [0, 0.1) is 0 Å². The third-order valence-electron chi connectivity index (χ3n) is 2.88. The van der Waals surface area contributed by atoms with Crippen molar-refractivity contribution in [3.05, 3.63) is 30.1 Å². The van der Waals surface area contributed by atoms with Crippen molar-refractivity contribution in [1.29, 1.82) is 0 Å². The quantitative estimate of drug-likeness (QED) is 0.711. The maximum atomic E-state index is 4.22. The van der Waals surface area contributed by atoms with E-state index in [2.05, 4.69) is 38.8 Å². The molecule has 3 N–H and O–H groups in total. The summed E-state index contributed by atoms with van der Waals surface area (Å²) in [5.41, 5.74) is 3.42. The maximum absolute atomic E-state index is 4.22. The van der Waals surface area contributed by atoms with Crippen LogP contribution in [0.4, 0.5) is 0 Å². The smallest absolute Gasteiger partial charge is 0.0931 e. The summed E-state index contributed by atoms with van der Waals surface area (Å²) in [4.78, 5) is 7.36. The lowest BCUT2D eigenvalue weighted by Gasteiger charge is -2.16. The van der Waals surface area contributed by atoms with Crippen LogP contribution < -0.4 is 10.6 Å². The molecule has 1 aromatic heterocycles. The lowest BCUT2D eigenvalue weighted by Crippen LogP contribution is -2.21. The molecule has 0 aliphatic heterocycles. The van der Waals surface area contributed by atoms with Gasteiger partial charge in [-0.25, -0.2) is 4.98 Å². The molecule has 1 heterocycles. The number of hydrogen-bond donors (Lipinski definition) is 3. The van der Waals surface area contributed by atoms with E-state index in [0.29, 0.717) is 6.04 Å². The molecule has 0 radical (unpaired) electrons. The van der Waals surface area contributed by atoms with E-state index in [4.69, 9.17) is 0 Å². The molecule has 0 fully saturated rings. The van der Waals surface area contributed by atoms with Gasteiger partial charge < -0.3 is 15.6 Å². The van der Waals surface area contributed by atoms with Gasteiger partial charge in [0.2, 0.25) is 0 Å². The zero-order valence-electron chi connectivity index (χ0n) is 9.75. The van der Waals surface area contributed by atoms with Crippen LogP contribution in [-0.4, -0.2) is 30.6 Å². The van der Waals surface area contributed by atoms with Gasteiger partial charge in [0.15, 0.2) is 0 Å². The van der Waals surface area contributed by atoms with E-state index in [1.165, 1.54) is 5.56 Å². The summed E-state index contributed by atoms with van der Waals surface area (Å²) in [6.07, 6.45) is 2.81. The lowest BCUT2D eigenvalue weighted by atomic mass is 10.0. The molecule has 16 heavy (non-hydrogen) atoms. The van der Waals surface area contributed by atoms with Gasteiger partial charge in [-0.3, -0.25) is 0 Å². The Morgan fingerprint density at radius 1 is 1.38 bits per heavy atom. The number of benzene rings is 1. The number of nitrogens with one attached hydrogen (secondary N) is 3. The van der Waals surface area contributed by atoms with E-state index in [0.717, 1.165) is 24.0 Å². The second-order valence-corrected chi connectivity index (χ2v) is 3.91. The number of aromatic nitrogens is 2. The number of fused-ring (bicyclic) bond motifs is 1. The van der Waals surface area contributed by atoms with Gasteiger partial charge in [-0.1, -0.05) is 6.07 Å². The van der Waals surface area contributed by atoms with Crippen molar-refractivity contribution in [3.8, 4) is 0 Å². The Hall–Kier alpha value is -1.39. The minimum atomic E-state index is 0.389. The second-order valence-electron chi connectivity index (χ2n) is 3.91. The highest BCUT2D eigenvalue weighted by Gasteiger charge is 2.09. The van der Waals surface area contributed by atoms with Crippen LogP contribution in [0.3, 0.4) is 0 Å². The van der Waals surface area contributed by atoms with Crippen LogP contribution >= 0.6 is 0 Å². The van der Waals surface area contributed by atoms with Crippen molar-refractivity contribution in [2.75, 3.05) is 20.6 Å². The Morgan fingerprint density at radius 2 is 2.25 bits per heavy atom. The molecule has 0 aliphatic carbocycles. The molecule has 1 aromatic carbocycles. The monoisotopic (exact) mass is 218 g/mol. The van der Waals surface area contributed by atoms with Crippen LogP contribution in [0.1, 0.15) is 18.0 Å². The normalized spacial score (nSPS) is 13.1. The van der Waals surface area contributed by atoms with E-state index in [1.54, 1.807) is 6.33 Å². The molecule has 4 nitrogen and oxygen atoms in total. The van der Waals surface area contributed by atoms with E-state index in [9.17, 15) is 0 Å². The zero-order valence-corrected chi connectivity index (χ0v) is 9.75. The number of hydrogen-bond acceptors (Lipinski definition) is 3. The second kappa shape index (κ2) is 5.09. The standard InChI is InChI=1S/C12H18N4/c1-13-6-5-10(14-2)9-3-4-11-12(7-9)16-8-15-11/h3-4,7-8,10,13-14H,5-6H2,1-2H3,(H,15,16). The van der Waals surface area contributed by atoms with Crippen molar-refractivity contribution in [2.24, 2.45) is 0 Å². The van der Waals surface area contributed by atoms with Gasteiger partial charge in [0.1, 0.15) is 0 Å². The number of H-pyrrole nitrogens is 1. The first-order chi connectivity index (χ1) is 7.85. The largest absolute Gasteiger partial charge is 0.345 e. The fourth-order valence-corrected chi connectivity index (χ4v) is 1.94. The van der Waals surface area contributed by atoms with Gasteiger partial charge >= 0.3 is 0 Å². The summed E-state index contributed by atoms with van der Waals surface area (Å²) in [5, 5.41) is 6.51. The average Bonchev–Trinajstić information content (AvgIpc) is 2.77. The summed E-state index contributed by atoms with van der Waals surface area (Å²) in [6, 6.07) is 6.75. The Kier molecular flexibility index (Phi) is 3.54. The number of nitrogens with zero attached hydrogens (tertiary/aromatic N) is 1. The van der Waals surface area contributed by atoms with Crippen molar-refractivity contribution in [2.45, 2.75) is 12.5 Å². The van der Waals surface area contributed by atoms with E-state index >= 15 is 0 Å². The van der Waals surface area contributed by atoms with Crippen molar-refractivity contribution >= 4 is 11.0 Å². The van der Waals surface area contributed by atoms with Crippen LogP contribution in [0.2, 0.25) is 0 Å². The molecule has 0 amide bonds. The van der Waals surface area contributed by atoms with Crippen molar-refractivity contribution in [1.82, 2.24) is 20.6 Å². The number of rotatable bonds is 5. The Morgan fingerprint density at radius 3 is 3.00 bits per heavy atom. The molecular formula is C12H18N4. The molecule has 0 spiro atoms. The first kappa shape index (κ1) is 11.1. The third-order valence-corrected chi connectivity index (χ3v) is 2.88. The molecule has 1 atom stereocenters. The molecule has 2 rings (SSSR count). The van der Waals surface area contributed by atoms with E-state index < -0.39 is 0 Å². The predicted molar refractivity (Wildman–Crippen MR) is 66.4 cm³/mol. The van der Waals surface area contributed by atoms with Gasteiger partial charge in [0, 0.05) is 6.04 Å². The first-order valence-corrected chi connectivity index (χ1v) is 5.60. The van der Waals surface area contributed by atoms with E-state index in [-0.39, 0.29) is 0 Å². The fraction of sp³-hybridized carbons (Fsp3) is 0.417. The highest BCUT2D eigenvalue weighted by atomic mass is 14.9. The Bertz CT molecular complexity index is 449. The van der Waals surface area contributed by atoms with Crippen LogP contribution in [0.5, 0.6) is 0 Å². The predicted octanol–water partition coefficient (Wildman–Crippen LogP) is 1.43. The van der Waals surface area contributed by atoms with Crippen LogP contribution in [0.25, 0.3) is 11.0 Å². The van der Waals surface area contributed by atoms with Gasteiger partial charge in [-0.15, -0.1) is 0 Å². The summed E-state index contributed by atoms with van der Waals surface area (Å²) >= 11 is 0. The van der Waals surface area contributed by atoms with Crippen LogP contribution in [0.15, 0.2) is 24.5 Å². The van der Waals surface area contributed by atoms with Crippen molar-refractivity contribution < 1.29 is 0 Å². The molecule has 0 saturated carbocycles. The third kappa shape index (κ3) is 2.23. The summed E-state index contributed by atoms with van der Waals surface area (Å²) in [5.74, 6) is 0. The van der Waals surface area contributed by atoms with Gasteiger partial charge in [0.05, 0.1) is 17.4 Å². The molecule has 0 aliphatic rings. The molecule has 86 valence electrons. The fourth-order valence-electron chi connectivity index (χ4n) is 1.94. The van der Waals surface area contributed by atoms with Gasteiger partial charge in [-0.05, 0) is 44.8 Å². The highest BCUT2D eigenvalue weighted by Crippen LogP contribution is 2.19. The number of aromatic amines is 1. The summed E-state index contributed by atoms with van der Waals surface area (Å²) in [6.45, 7) is 1.01. The minimum absolute atomic E-state index is 0.389. The Labute approximate surface area is 95.5 Å². The van der Waals surface area contributed by atoms with E-state index in [1.807, 2.05) is 14.1 Å². The number of imidazole rings is 1. The summed E-state index contributed by atoms with van der Waals surface area (Å²) < 4.78 is 0. The van der Waals surface area contributed by atoms with Crippen LogP contribution in [-0.2, 0) is 0 Å². The molecular weight excluding hydrogens is 200 g/mol. The van der Waals surface area contributed by atoms with Gasteiger partial charge in [0.25, 0.3) is 0 Å². The van der Waals surface area contributed by atoms with Gasteiger partial charge in [-0.2, -0.15) is 0 Å². The molecule has 0 saturated heterocycles. The highest BCUT2D eigenvalue weighted by molar-refractivity contribution is 5.75. The van der Waals surface area contributed by atoms with Crippen molar-refractivity contribution in [3.63, 3.8) is 0 Å². The molecule has 4 heteroatoms. The molecule has 2 aromatic rings. The molecule has 1 unspecified atom stereocenters. The topological polar surface area (TPSA) is 52.7 Å². The zero-order chi connectivity index (χ0) is 11.4. The maximum Gasteiger partial charge on any atom is 0.0931 e. The molecule has 0 bridgehead atoms.